The van der Waals surface area contributed by atoms with E-state index in [1.165, 1.54) is 35.5 Å². The monoisotopic (exact) mass is 437 g/mol. The van der Waals surface area contributed by atoms with E-state index in [1.807, 2.05) is 61.9 Å². The molecular weight excluding hydrogens is 410 g/mol. The van der Waals surface area contributed by atoms with Crippen LogP contribution < -0.4 is 0 Å². The van der Waals surface area contributed by atoms with E-state index < -0.39 is 27.5 Å². The van der Waals surface area contributed by atoms with Gasteiger partial charge >= 0.3 is 12.1 Å². The van der Waals surface area contributed by atoms with Gasteiger partial charge in [-0.2, -0.15) is 0 Å². The zero-order chi connectivity index (χ0) is 21.1. The van der Waals surface area contributed by atoms with Crippen LogP contribution in [-0.2, 0) is 25.4 Å². The van der Waals surface area contributed by atoms with Crippen molar-refractivity contribution in [1.29, 1.82) is 0 Å². The Kier molecular flexibility index (Phi) is 6.55. The van der Waals surface area contributed by atoms with Gasteiger partial charge in [-0.1, -0.05) is 53.9 Å². The topological polar surface area (TPSA) is 65.1 Å². The van der Waals surface area contributed by atoms with Gasteiger partial charge in [-0.05, 0) is 37.2 Å². The number of methoxy groups -OCH3 is 1. The molecule has 158 valence electrons. The maximum Gasteiger partial charge on any atom is 0.410 e. The highest BCUT2D eigenvalue weighted by Crippen LogP contribution is 2.51. The largest absolute Gasteiger partial charge is 0.467 e. The third kappa shape index (κ3) is 5.29. The number of thioether (sulfide) groups is 2. The number of nitrogens with zero attached hydrogens (tertiary/aromatic N) is 1. The maximum atomic E-state index is 12.8. The summed E-state index contributed by atoms with van der Waals surface area (Å²) in [4.78, 5) is 26.9. The van der Waals surface area contributed by atoms with Crippen LogP contribution >= 0.6 is 23.5 Å². The molecule has 0 aliphatic carbocycles. The van der Waals surface area contributed by atoms with Gasteiger partial charge < -0.3 is 19.1 Å². The Morgan fingerprint density at radius 2 is 1.79 bits per heavy atom. The first-order valence-electron chi connectivity index (χ1n) is 9.48. The van der Waals surface area contributed by atoms with Crippen LogP contribution in [0.1, 0.15) is 32.8 Å². The van der Waals surface area contributed by atoms with Gasteiger partial charge in [-0.3, -0.25) is 0 Å². The Bertz CT molecular complexity index is 769. The van der Waals surface area contributed by atoms with Crippen molar-refractivity contribution in [2.75, 3.05) is 20.2 Å². The molecule has 1 aromatic rings. The number of carbonyl (C=O) groups is 2. The number of amides is 1. The van der Waals surface area contributed by atoms with Crippen LogP contribution in [0.15, 0.2) is 41.1 Å². The summed E-state index contributed by atoms with van der Waals surface area (Å²) in [6, 6.07) is 10.0. The number of likely N-dealkylation sites (tertiary alicyclic amines) is 1. The molecule has 2 heterocycles. The molecule has 0 bridgehead atoms. The summed E-state index contributed by atoms with van der Waals surface area (Å²) < 4.78 is 16.4. The highest BCUT2D eigenvalue weighted by molar-refractivity contribution is 8.23. The van der Waals surface area contributed by atoms with Gasteiger partial charge in [0.1, 0.15) is 5.60 Å². The van der Waals surface area contributed by atoms with E-state index in [-0.39, 0.29) is 6.54 Å². The molecular formula is C21H27NO5S2. The van der Waals surface area contributed by atoms with Crippen molar-refractivity contribution < 1.29 is 23.8 Å². The second kappa shape index (κ2) is 8.62. The van der Waals surface area contributed by atoms with Gasteiger partial charge in [0.2, 0.25) is 0 Å². The Hall–Kier alpha value is -1.64. The predicted octanol–water partition coefficient (Wildman–Crippen LogP) is 4.40. The number of hydrogen-bond acceptors (Lipinski definition) is 7. The van der Waals surface area contributed by atoms with Crippen LogP contribution in [0.25, 0.3) is 0 Å². The van der Waals surface area contributed by atoms with E-state index >= 15 is 0 Å². The predicted molar refractivity (Wildman–Crippen MR) is 115 cm³/mol. The fraction of sp³-hybridized carbons (Fsp3) is 0.524. The van der Waals surface area contributed by atoms with Gasteiger partial charge in [-0.25, -0.2) is 9.59 Å². The fourth-order valence-corrected chi connectivity index (χ4v) is 5.67. The molecule has 2 aliphatic rings. The molecule has 1 unspecified atom stereocenters. The number of esters is 1. The van der Waals surface area contributed by atoms with Crippen LogP contribution in [-0.4, -0.2) is 52.6 Å². The van der Waals surface area contributed by atoms with E-state index in [9.17, 15) is 9.59 Å². The molecule has 0 radical (unpaired) electrons. The van der Waals surface area contributed by atoms with Gasteiger partial charge in [0.05, 0.1) is 13.7 Å². The fourth-order valence-electron chi connectivity index (χ4n) is 3.34. The molecule has 0 aromatic heterocycles. The van der Waals surface area contributed by atoms with Crippen LogP contribution in [0.3, 0.4) is 0 Å². The SMILES string of the molecule is COC(=O)C1(OC2(Cc3ccccc3)SC=CS2)CCN(C(=O)OC(C)(C)C)C1. The minimum absolute atomic E-state index is 0.103. The van der Waals surface area contributed by atoms with Gasteiger partial charge in [0.15, 0.2) is 9.87 Å². The number of rotatable bonds is 5. The minimum Gasteiger partial charge on any atom is -0.467 e. The average Bonchev–Trinajstić information content (AvgIpc) is 3.29. The Balaban J connectivity index is 1.81. The molecule has 0 saturated carbocycles. The molecule has 0 spiro atoms. The van der Waals surface area contributed by atoms with Gasteiger partial charge in [0.25, 0.3) is 0 Å². The molecule has 1 amide bonds. The van der Waals surface area contributed by atoms with E-state index in [0.29, 0.717) is 19.4 Å². The number of hydrogen-bond donors (Lipinski definition) is 0. The Morgan fingerprint density at radius 1 is 1.14 bits per heavy atom. The molecule has 0 N–H and O–H groups in total. The first-order chi connectivity index (χ1) is 13.7. The van der Waals surface area contributed by atoms with Crippen molar-refractivity contribution in [3.63, 3.8) is 0 Å². The van der Waals surface area contributed by atoms with Crippen LogP contribution in [0.2, 0.25) is 0 Å². The smallest absolute Gasteiger partial charge is 0.410 e. The molecule has 8 heteroatoms. The summed E-state index contributed by atoms with van der Waals surface area (Å²) in [5, 5.41) is 3.94. The summed E-state index contributed by atoms with van der Waals surface area (Å²) in [5.74, 6) is -0.468. The highest BCUT2D eigenvalue weighted by Gasteiger charge is 2.54. The number of benzene rings is 1. The molecule has 3 rings (SSSR count). The van der Waals surface area contributed by atoms with Crippen molar-refractivity contribution in [2.24, 2.45) is 0 Å². The van der Waals surface area contributed by atoms with Gasteiger partial charge in [0, 0.05) is 19.4 Å². The zero-order valence-electron chi connectivity index (χ0n) is 17.2. The lowest BCUT2D eigenvalue weighted by Crippen LogP contribution is -2.51. The average molecular weight is 438 g/mol. The Morgan fingerprint density at radius 3 is 2.38 bits per heavy atom. The van der Waals surface area contributed by atoms with Gasteiger partial charge in [-0.15, -0.1) is 0 Å². The van der Waals surface area contributed by atoms with E-state index in [1.54, 1.807) is 0 Å². The zero-order valence-corrected chi connectivity index (χ0v) is 18.8. The molecule has 1 fully saturated rings. The third-order valence-corrected chi connectivity index (χ3v) is 7.07. The summed E-state index contributed by atoms with van der Waals surface area (Å²) in [5.41, 5.74) is -0.727. The van der Waals surface area contributed by atoms with Crippen LogP contribution in [0.5, 0.6) is 0 Å². The van der Waals surface area contributed by atoms with Crippen molar-refractivity contribution in [1.82, 2.24) is 4.90 Å². The molecule has 6 nitrogen and oxygen atoms in total. The third-order valence-electron chi connectivity index (χ3n) is 4.61. The molecule has 1 saturated heterocycles. The highest BCUT2D eigenvalue weighted by atomic mass is 32.2. The second-order valence-corrected chi connectivity index (χ2v) is 10.7. The molecule has 1 aromatic carbocycles. The van der Waals surface area contributed by atoms with Crippen LogP contribution in [0, 0.1) is 0 Å². The van der Waals surface area contributed by atoms with E-state index in [0.717, 1.165) is 5.56 Å². The van der Waals surface area contributed by atoms with Crippen LogP contribution in [0.4, 0.5) is 4.79 Å². The molecule has 29 heavy (non-hydrogen) atoms. The Labute approximate surface area is 180 Å². The minimum atomic E-state index is -1.23. The normalized spacial score (nSPS) is 23.2. The van der Waals surface area contributed by atoms with E-state index in [2.05, 4.69) is 0 Å². The lowest BCUT2D eigenvalue weighted by Gasteiger charge is -2.37. The standard InChI is InChI=1S/C21H27NO5S2/c1-19(2,3)26-18(24)22-11-10-20(15-22,17(23)25-4)27-21(28-12-13-29-21)14-16-8-6-5-7-9-16/h5-9,12-13H,10-11,14-15H2,1-4H3. The summed E-state index contributed by atoms with van der Waals surface area (Å²) >= 11 is 3.07. The maximum absolute atomic E-state index is 12.8. The van der Waals surface area contributed by atoms with Crippen molar-refractivity contribution in [2.45, 2.75) is 49.1 Å². The van der Waals surface area contributed by atoms with Crippen molar-refractivity contribution in [3.05, 3.63) is 46.7 Å². The lowest BCUT2D eigenvalue weighted by molar-refractivity contribution is -0.172. The summed E-state index contributed by atoms with van der Waals surface area (Å²) in [7, 11) is 1.35. The summed E-state index contributed by atoms with van der Waals surface area (Å²) in [6.45, 7) is 5.92. The first-order valence-corrected chi connectivity index (χ1v) is 11.2. The second-order valence-electron chi connectivity index (χ2n) is 8.09. The lowest BCUT2D eigenvalue weighted by atomic mass is 10.0. The molecule has 1 atom stereocenters. The van der Waals surface area contributed by atoms with Crippen molar-refractivity contribution in [3.8, 4) is 0 Å². The first kappa shape index (κ1) is 22.1. The number of carbonyl (C=O) groups excluding carboxylic acids is 2. The number of ether oxygens (including phenoxy) is 3. The summed E-state index contributed by atoms with van der Waals surface area (Å²) in [6.07, 6.45) is 0.520. The molecule has 2 aliphatic heterocycles. The van der Waals surface area contributed by atoms with Crippen molar-refractivity contribution >= 4 is 35.6 Å². The van der Waals surface area contributed by atoms with E-state index in [4.69, 9.17) is 14.2 Å². The quantitative estimate of drug-likeness (QED) is 0.633.